The van der Waals surface area contributed by atoms with Gasteiger partial charge in [-0.2, -0.15) is 11.8 Å². The Morgan fingerprint density at radius 2 is 2.00 bits per heavy atom. The summed E-state index contributed by atoms with van der Waals surface area (Å²) >= 11 is 1.75. The molecule has 0 fully saturated rings. The van der Waals surface area contributed by atoms with Crippen LogP contribution in [0.5, 0.6) is 0 Å². The van der Waals surface area contributed by atoms with E-state index < -0.39 is 0 Å². The van der Waals surface area contributed by atoms with Crippen molar-refractivity contribution < 1.29 is 4.79 Å². The van der Waals surface area contributed by atoms with Gasteiger partial charge >= 0.3 is 0 Å². The first-order valence-electron chi connectivity index (χ1n) is 6.52. The summed E-state index contributed by atoms with van der Waals surface area (Å²) in [6, 6.07) is 10.1. The van der Waals surface area contributed by atoms with E-state index in [0.29, 0.717) is 5.92 Å². The lowest BCUT2D eigenvalue weighted by Gasteiger charge is -2.22. The van der Waals surface area contributed by atoms with Crippen molar-refractivity contribution >= 4 is 17.7 Å². The SMILES string of the molecule is CC[C@@H](C)[C@@H](C(=O)NCCSC)c1ccccc1. The first-order chi connectivity index (χ1) is 8.70. The Bertz CT molecular complexity index is 353. The molecule has 0 aliphatic heterocycles. The lowest BCUT2D eigenvalue weighted by Crippen LogP contribution is -2.34. The van der Waals surface area contributed by atoms with Crippen LogP contribution in [0.3, 0.4) is 0 Å². The molecule has 1 N–H and O–H groups in total. The predicted octanol–water partition coefficient (Wildman–Crippen LogP) is 3.30. The normalized spacial score (nSPS) is 13.9. The molecule has 0 saturated heterocycles. The third kappa shape index (κ3) is 4.37. The molecule has 1 aromatic carbocycles. The number of nitrogens with one attached hydrogen (secondary N) is 1. The molecule has 1 amide bonds. The van der Waals surface area contributed by atoms with Crippen molar-refractivity contribution in [3.05, 3.63) is 35.9 Å². The first kappa shape index (κ1) is 15.1. The largest absolute Gasteiger partial charge is 0.355 e. The molecule has 0 bridgehead atoms. The monoisotopic (exact) mass is 265 g/mol. The summed E-state index contributed by atoms with van der Waals surface area (Å²) < 4.78 is 0. The van der Waals surface area contributed by atoms with Crippen LogP contribution in [0.1, 0.15) is 31.7 Å². The molecular formula is C15H23NOS. The van der Waals surface area contributed by atoms with Crippen molar-refractivity contribution in [2.75, 3.05) is 18.6 Å². The van der Waals surface area contributed by atoms with E-state index in [9.17, 15) is 4.79 Å². The number of carbonyl (C=O) groups excluding carboxylic acids is 1. The summed E-state index contributed by atoms with van der Waals surface area (Å²) in [4.78, 5) is 12.3. The molecule has 0 unspecified atom stereocenters. The van der Waals surface area contributed by atoms with Crippen molar-refractivity contribution in [2.45, 2.75) is 26.2 Å². The van der Waals surface area contributed by atoms with E-state index >= 15 is 0 Å². The lowest BCUT2D eigenvalue weighted by molar-refractivity contribution is -0.123. The van der Waals surface area contributed by atoms with E-state index in [1.54, 1.807) is 11.8 Å². The van der Waals surface area contributed by atoms with Crippen LogP contribution in [0.15, 0.2) is 30.3 Å². The Labute approximate surface area is 115 Å². The molecule has 2 atom stereocenters. The van der Waals surface area contributed by atoms with Crippen molar-refractivity contribution in [3.63, 3.8) is 0 Å². The third-order valence-electron chi connectivity index (χ3n) is 3.26. The highest BCUT2D eigenvalue weighted by Crippen LogP contribution is 2.26. The minimum atomic E-state index is -0.0296. The van der Waals surface area contributed by atoms with Gasteiger partial charge in [-0.15, -0.1) is 0 Å². The van der Waals surface area contributed by atoms with Gasteiger partial charge in [0, 0.05) is 12.3 Å². The predicted molar refractivity (Wildman–Crippen MR) is 80.0 cm³/mol. The van der Waals surface area contributed by atoms with Gasteiger partial charge in [-0.05, 0) is 17.7 Å². The third-order valence-corrected chi connectivity index (χ3v) is 3.87. The van der Waals surface area contributed by atoms with E-state index in [1.165, 1.54) is 0 Å². The molecular weight excluding hydrogens is 242 g/mol. The Morgan fingerprint density at radius 3 is 2.56 bits per heavy atom. The van der Waals surface area contributed by atoms with Gasteiger partial charge in [0.25, 0.3) is 0 Å². The lowest BCUT2D eigenvalue weighted by atomic mass is 9.85. The number of benzene rings is 1. The highest BCUT2D eigenvalue weighted by Gasteiger charge is 2.25. The maximum Gasteiger partial charge on any atom is 0.227 e. The molecule has 1 rings (SSSR count). The summed E-state index contributed by atoms with van der Waals surface area (Å²) in [6.45, 7) is 5.03. The van der Waals surface area contributed by atoms with Gasteiger partial charge in [0.2, 0.25) is 5.91 Å². The fraction of sp³-hybridized carbons (Fsp3) is 0.533. The van der Waals surface area contributed by atoms with Crippen molar-refractivity contribution in [2.24, 2.45) is 5.92 Å². The highest BCUT2D eigenvalue weighted by atomic mass is 32.2. The topological polar surface area (TPSA) is 29.1 Å². The molecule has 0 aliphatic carbocycles. The summed E-state index contributed by atoms with van der Waals surface area (Å²) in [5, 5.41) is 3.04. The second-order valence-corrected chi connectivity index (χ2v) is 5.54. The van der Waals surface area contributed by atoms with Crippen LogP contribution in [0.2, 0.25) is 0 Å². The van der Waals surface area contributed by atoms with Gasteiger partial charge in [-0.1, -0.05) is 50.6 Å². The molecule has 18 heavy (non-hydrogen) atoms. The molecule has 100 valence electrons. The molecule has 0 saturated carbocycles. The minimum Gasteiger partial charge on any atom is -0.355 e. The Morgan fingerprint density at radius 1 is 1.33 bits per heavy atom. The summed E-state index contributed by atoms with van der Waals surface area (Å²) in [5.74, 6) is 1.46. The second-order valence-electron chi connectivity index (χ2n) is 4.56. The van der Waals surface area contributed by atoms with E-state index in [4.69, 9.17) is 0 Å². The Kier molecular flexibility index (Phi) is 6.88. The second kappa shape index (κ2) is 8.20. The average molecular weight is 265 g/mol. The zero-order chi connectivity index (χ0) is 13.4. The Hall–Kier alpha value is -0.960. The van der Waals surface area contributed by atoms with Crippen molar-refractivity contribution in [3.8, 4) is 0 Å². The number of amides is 1. The van der Waals surface area contributed by atoms with Crippen LogP contribution in [-0.4, -0.2) is 24.5 Å². The fourth-order valence-electron chi connectivity index (χ4n) is 2.02. The Balaban J connectivity index is 2.76. The molecule has 0 radical (unpaired) electrons. The van der Waals surface area contributed by atoms with Crippen LogP contribution in [-0.2, 0) is 4.79 Å². The number of hydrogen-bond acceptors (Lipinski definition) is 2. The quantitative estimate of drug-likeness (QED) is 0.766. The maximum absolute atomic E-state index is 12.3. The first-order valence-corrected chi connectivity index (χ1v) is 7.91. The molecule has 0 aliphatic rings. The minimum absolute atomic E-state index is 0.0296. The van der Waals surface area contributed by atoms with Gasteiger partial charge in [0.15, 0.2) is 0 Å². The van der Waals surface area contributed by atoms with E-state index in [-0.39, 0.29) is 11.8 Å². The van der Waals surface area contributed by atoms with Crippen molar-refractivity contribution in [1.82, 2.24) is 5.32 Å². The summed E-state index contributed by atoms with van der Waals surface area (Å²) in [6.07, 6.45) is 3.06. The smallest absolute Gasteiger partial charge is 0.227 e. The molecule has 0 aromatic heterocycles. The van der Waals surface area contributed by atoms with Crippen LogP contribution in [0.25, 0.3) is 0 Å². The van der Waals surface area contributed by atoms with Crippen LogP contribution in [0.4, 0.5) is 0 Å². The molecule has 3 heteroatoms. The van der Waals surface area contributed by atoms with E-state index in [1.807, 2.05) is 30.3 Å². The molecule has 1 aromatic rings. The summed E-state index contributed by atoms with van der Waals surface area (Å²) in [7, 11) is 0. The van der Waals surface area contributed by atoms with Crippen molar-refractivity contribution in [1.29, 1.82) is 0 Å². The van der Waals surface area contributed by atoms with Crippen LogP contribution < -0.4 is 5.32 Å². The van der Waals surface area contributed by atoms with E-state index in [0.717, 1.165) is 24.3 Å². The number of hydrogen-bond donors (Lipinski definition) is 1. The van der Waals surface area contributed by atoms with Gasteiger partial charge in [-0.25, -0.2) is 0 Å². The van der Waals surface area contributed by atoms with Gasteiger partial charge in [-0.3, -0.25) is 4.79 Å². The number of thioether (sulfide) groups is 1. The highest BCUT2D eigenvalue weighted by molar-refractivity contribution is 7.98. The number of carbonyl (C=O) groups is 1. The zero-order valence-corrected chi connectivity index (χ0v) is 12.3. The molecule has 2 nitrogen and oxygen atoms in total. The van der Waals surface area contributed by atoms with E-state index in [2.05, 4.69) is 25.4 Å². The zero-order valence-electron chi connectivity index (χ0n) is 11.5. The standard InChI is InChI=1S/C15H23NOS/c1-4-12(2)14(13-8-6-5-7-9-13)15(17)16-10-11-18-3/h5-9,12,14H,4,10-11H2,1-3H3,(H,16,17)/t12-,14-/m1/s1. The van der Waals surface area contributed by atoms with Crippen LogP contribution in [0, 0.1) is 5.92 Å². The number of rotatable bonds is 7. The van der Waals surface area contributed by atoms with Gasteiger partial charge in [0.1, 0.15) is 0 Å². The molecule has 0 heterocycles. The molecule has 0 spiro atoms. The maximum atomic E-state index is 12.3. The van der Waals surface area contributed by atoms with Gasteiger partial charge in [0.05, 0.1) is 5.92 Å². The average Bonchev–Trinajstić information content (AvgIpc) is 2.40. The van der Waals surface area contributed by atoms with Crippen LogP contribution >= 0.6 is 11.8 Å². The fourth-order valence-corrected chi connectivity index (χ4v) is 2.33. The summed E-state index contributed by atoms with van der Waals surface area (Å²) in [5.41, 5.74) is 1.12. The van der Waals surface area contributed by atoms with Gasteiger partial charge < -0.3 is 5.32 Å².